The third-order valence-electron chi connectivity index (χ3n) is 17.8. The topological polar surface area (TPSA) is 108 Å². The highest BCUT2D eigenvalue weighted by Crippen LogP contribution is 2.43. The van der Waals surface area contributed by atoms with Gasteiger partial charge in [-0.1, -0.05) is 381 Å². The minimum absolute atomic E-state index is 0.0182. The van der Waals surface area contributed by atoms with E-state index in [1.165, 1.54) is 148 Å². The average Bonchev–Trinajstić information content (AvgIpc) is 0.908. The standard InChI is InChI=1S/C96H158NO8P/c1-6-8-10-12-14-16-18-20-22-24-26-28-30-32-34-36-38-40-42-44-46-48-50-52-54-56-58-60-62-64-66-68-70-72-74-76-78-80-82-84-86-88-95(98)102-92-94(93-104-106(100,101)103-91-90-97(3,4)5)105-96(99)89-87-85-83-81-79-77-75-73-71-69-67-65-63-61-59-57-55-53-51-49-47-45-43-41-39-37-35-33-31-29-27-25-23-21-19-17-15-13-11-9-7-2/h8-11,14-17,20-23,26-29,32-35,39,41,45,47,51,53,57,59,63,65,69,71,75,77,94H,6-7,12-13,18-19,24-25,30-31,36-38,40,42-44,46,48-50,52,54-56,58,60-62,64,66-68,70,72-74,76,78-93H2,1-5H3/p+1/b10-8-,11-9-,16-14-,17-15-,22-20-,23-21-,28-26-,29-27-,34-32-,35-33-,41-39-,47-45-,53-51-,59-57-,65-63-,71-69-,77-75-. The highest BCUT2D eigenvalue weighted by Gasteiger charge is 2.27. The fourth-order valence-corrected chi connectivity index (χ4v) is 12.1. The molecule has 0 bridgehead atoms. The summed E-state index contributed by atoms with van der Waals surface area (Å²) < 4.78 is 34.8. The maximum absolute atomic E-state index is 12.9. The summed E-state index contributed by atoms with van der Waals surface area (Å²) >= 11 is 0. The molecular weight excluding hydrogens is 1330 g/mol. The first kappa shape index (κ1) is 101. The molecule has 2 unspecified atom stereocenters. The van der Waals surface area contributed by atoms with Crippen molar-refractivity contribution in [1.29, 1.82) is 0 Å². The number of phosphoric acid groups is 1. The highest BCUT2D eigenvalue weighted by molar-refractivity contribution is 7.47. The normalized spacial score (nSPS) is 14.1. The number of phosphoric ester groups is 1. The summed E-state index contributed by atoms with van der Waals surface area (Å²) in [4.78, 5) is 36.0. The third kappa shape index (κ3) is 87.5. The summed E-state index contributed by atoms with van der Waals surface area (Å²) in [6.07, 6.45) is 131. The van der Waals surface area contributed by atoms with E-state index in [0.29, 0.717) is 17.4 Å². The Morgan fingerprint density at radius 1 is 0.292 bits per heavy atom. The molecule has 0 aliphatic rings. The van der Waals surface area contributed by atoms with Crippen molar-refractivity contribution in [3.05, 3.63) is 207 Å². The Bertz CT molecular complexity index is 2560. The molecule has 0 aromatic rings. The first-order valence-electron chi connectivity index (χ1n) is 42.8. The van der Waals surface area contributed by atoms with Gasteiger partial charge in [-0.05, 0) is 148 Å². The second kappa shape index (κ2) is 83.6. The fourth-order valence-electron chi connectivity index (χ4n) is 11.4. The van der Waals surface area contributed by atoms with Gasteiger partial charge in [0.15, 0.2) is 6.10 Å². The molecule has 2 atom stereocenters. The summed E-state index contributed by atoms with van der Waals surface area (Å²) in [5.41, 5.74) is 0. The predicted molar refractivity (Wildman–Crippen MR) is 463 cm³/mol. The molecule has 1 N–H and O–H groups in total. The first-order chi connectivity index (χ1) is 52.0. The lowest BCUT2D eigenvalue weighted by molar-refractivity contribution is -0.870. The molecule has 0 aliphatic heterocycles. The molecule has 0 rings (SSSR count). The Morgan fingerprint density at radius 2 is 0.509 bits per heavy atom. The van der Waals surface area contributed by atoms with Crippen LogP contribution in [0.25, 0.3) is 0 Å². The van der Waals surface area contributed by atoms with Gasteiger partial charge in [-0.15, -0.1) is 0 Å². The number of rotatable bonds is 77. The Labute approximate surface area is 653 Å². The van der Waals surface area contributed by atoms with Crippen molar-refractivity contribution in [2.24, 2.45) is 0 Å². The van der Waals surface area contributed by atoms with E-state index in [9.17, 15) is 19.0 Å². The zero-order valence-electron chi connectivity index (χ0n) is 68.6. The van der Waals surface area contributed by atoms with E-state index in [4.69, 9.17) is 18.5 Å². The number of carbonyl (C=O) groups is 2. The monoisotopic (exact) mass is 1490 g/mol. The largest absolute Gasteiger partial charge is 0.472 e. The number of likely N-dealkylation sites (N-methyl/N-ethyl adjacent to an activating group) is 1. The minimum atomic E-state index is -4.42. The van der Waals surface area contributed by atoms with E-state index < -0.39 is 26.5 Å². The van der Waals surface area contributed by atoms with Gasteiger partial charge in [-0.2, -0.15) is 0 Å². The fraction of sp³-hybridized carbons (Fsp3) is 0.625. The van der Waals surface area contributed by atoms with Gasteiger partial charge in [0.05, 0.1) is 27.7 Å². The number of allylic oxidation sites excluding steroid dienone is 34. The van der Waals surface area contributed by atoms with Crippen LogP contribution in [0.4, 0.5) is 0 Å². The molecule has 0 saturated heterocycles. The number of nitrogens with zero attached hydrogens (tertiary/aromatic N) is 1. The predicted octanol–water partition coefficient (Wildman–Crippen LogP) is 29.3. The maximum atomic E-state index is 12.9. The SMILES string of the molecule is CC/C=C\C/C=C\C/C=C\C/C=C\C/C=C\C/C=C\C/C=C\C/C=C\C/C=C\C/C=C\C/C=C\C/C=C\CCCCCCC(=O)OC(COC(=O)CCCCCCCCCCCCCCCCCCCCCCCCCCC/C=C\C/C=C\C/C=C\C/C=C\C/C=C\CC)COP(=O)(O)OCC[N+](C)(C)C. The Morgan fingerprint density at radius 3 is 0.755 bits per heavy atom. The van der Waals surface area contributed by atoms with Crippen LogP contribution in [0.15, 0.2) is 207 Å². The molecule has 9 nitrogen and oxygen atoms in total. The molecule has 0 fully saturated rings. The van der Waals surface area contributed by atoms with Gasteiger partial charge in [-0.3, -0.25) is 18.6 Å². The molecule has 0 aromatic carbocycles. The minimum Gasteiger partial charge on any atom is -0.462 e. The molecule has 0 spiro atoms. The van der Waals surface area contributed by atoms with Gasteiger partial charge >= 0.3 is 19.8 Å². The van der Waals surface area contributed by atoms with E-state index >= 15 is 0 Å². The van der Waals surface area contributed by atoms with Gasteiger partial charge in [-0.25, -0.2) is 4.57 Å². The van der Waals surface area contributed by atoms with Gasteiger partial charge < -0.3 is 18.9 Å². The van der Waals surface area contributed by atoms with Crippen LogP contribution in [-0.2, 0) is 32.7 Å². The Hall–Kier alpha value is -5.41. The zero-order chi connectivity index (χ0) is 76.8. The summed E-state index contributed by atoms with van der Waals surface area (Å²) in [6.45, 7) is 4.18. The smallest absolute Gasteiger partial charge is 0.462 e. The summed E-state index contributed by atoms with van der Waals surface area (Å²) in [6, 6.07) is 0. The van der Waals surface area contributed by atoms with Crippen LogP contribution in [-0.4, -0.2) is 74.9 Å². The lowest BCUT2D eigenvalue weighted by atomic mass is 10.0. The van der Waals surface area contributed by atoms with Gasteiger partial charge in [0, 0.05) is 12.8 Å². The van der Waals surface area contributed by atoms with Crippen molar-refractivity contribution >= 4 is 19.8 Å². The number of quaternary nitrogens is 1. The molecule has 0 aromatic heterocycles. The summed E-state index contributed by atoms with van der Waals surface area (Å²) in [5, 5.41) is 0. The lowest BCUT2D eigenvalue weighted by Crippen LogP contribution is -2.37. The molecule has 106 heavy (non-hydrogen) atoms. The van der Waals surface area contributed by atoms with E-state index in [2.05, 4.69) is 220 Å². The van der Waals surface area contributed by atoms with Crippen LogP contribution >= 0.6 is 7.82 Å². The average molecular weight is 1490 g/mol. The number of hydrogen-bond acceptors (Lipinski definition) is 7. The molecule has 0 radical (unpaired) electrons. The molecular formula is C96H159NO8P+. The maximum Gasteiger partial charge on any atom is 0.472 e. The third-order valence-corrected chi connectivity index (χ3v) is 18.8. The van der Waals surface area contributed by atoms with Crippen LogP contribution in [0.1, 0.15) is 335 Å². The van der Waals surface area contributed by atoms with E-state index in [-0.39, 0.29) is 32.0 Å². The van der Waals surface area contributed by atoms with E-state index in [0.717, 1.165) is 154 Å². The van der Waals surface area contributed by atoms with E-state index in [1.807, 2.05) is 21.1 Å². The van der Waals surface area contributed by atoms with Crippen molar-refractivity contribution in [2.75, 3.05) is 47.5 Å². The van der Waals surface area contributed by atoms with Crippen molar-refractivity contribution in [3.63, 3.8) is 0 Å². The molecule has 0 saturated carbocycles. The van der Waals surface area contributed by atoms with Crippen molar-refractivity contribution in [3.8, 4) is 0 Å². The van der Waals surface area contributed by atoms with Crippen molar-refractivity contribution in [1.82, 2.24) is 0 Å². The number of hydrogen-bond donors (Lipinski definition) is 1. The second-order valence-electron chi connectivity index (χ2n) is 29.1. The van der Waals surface area contributed by atoms with Crippen LogP contribution in [0.3, 0.4) is 0 Å². The quantitative estimate of drug-likeness (QED) is 0.0211. The lowest BCUT2D eigenvalue weighted by Gasteiger charge is -2.24. The summed E-state index contributed by atoms with van der Waals surface area (Å²) in [5.74, 6) is -0.828. The van der Waals surface area contributed by atoms with Gasteiger partial charge in [0.1, 0.15) is 19.8 Å². The zero-order valence-corrected chi connectivity index (χ0v) is 69.5. The number of ether oxygens (including phenoxy) is 2. The summed E-state index contributed by atoms with van der Waals surface area (Å²) in [7, 11) is 1.45. The van der Waals surface area contributed by atoms with Gasteiger partial charge in [0.25, 0.3) is 0 Å². The van der Waals surface area contributed by atoms with Gasteiger partial charge in [0.2, 0.25) is 0 Å². The Kier molecular flexibility index (Phi) is 79.4. The molecule has 10 heteroatoms. The number of unbranched alkanes of at least 4 members (excludes halogenated alkanes) is 29. The first-order valence-corrected chi connectivity index (χ1v) is 44.3. The van der Waals surface area contributed by atoms with Crippen molar-refractivity contribution < 1.29 is 42.1 Å². The molecule has 0 aliphatic carbocycles. The van der Waals surface area contributed by atoms with E-state index in [1.54, 1.807) is 0 Å². The van der Waals surface area contributed by atoms with Crippen LogP contribution in [0.2, 0.25) is 0 Å². The number of esters is 2. The molecule has 0 heterocycles. The van der Waals surface area contributed by atoms with Crippen LogP contribution < -0.4 is 0 Å². The second-order valence-corrected chi connectivity index (χ2v) is 30.6. The number of carbonyl (C=O) groups excluding carboxylic acids is 2. The van der Waals surface area contributed by atoms with Crippen LogP contribution in [0.5, 0.6) is 0 Å². The molecule has 600 valence electrons. The Balaban J connectivity index is 4.03. The highest BCUT2D eigenvalue weighted by atomic mass is 31.2. The van der Waals surface area contributed by atoms with Crippen molar-refractivity contribution in [2.45, 2.75) is 341 Å². The molecule has 0 amide bonds. The van der Waals surface area contributed by atoms with Crippen LogP contribution in [0, 0.1) is 0 Å².